The molecule has 1 aromatic rings. The average Bonchev–Trinajstić information content (AvgIpc) is 2.65. The lowest BCUT2D eigenvalue weighted by molar-refractivity contribution is 0.00269. The van der Waals surface area contributed by atoms with E-state index in [1.54, 1.807) is 0 Å². The van der Waals surface area contributed by atoms with Crippen molar-refractivity contribution in [1.29, 1.82) is 0 Å². The fourth-order valence-electron chi connectivity index (χ4n) is 3.66. The van der Waals surface area contributed by atoms with Crippen LogP contribution in [-0.4, -0.2) is 20.5 Å². The first-order valence-corrected chi connectivity index (χ1v) is 7.01. The molecular formula is C15H26N2O. The summed E-state index contributed by atoms with van der Waals surface area (Å²) in [5.74, 6) is 0.355. The van der Waals surface area contributed by atoms with Gasteiger partial charge in [0.1, 0.15) is 0 Å². The summed E-state index contributed by atoms with van der Waals surface area (Å²) in [6.45, 7) is 11.7. The molecule has 3 nitrogen and oxygen atoms in total. The van der Waals surface area contributed by atoms with E-state index in [-0.39, 0.29) is 5.41 Å². The van der Waals surface area contributed by atoms with Gasteiger partial charge in [-0.3, -0.25) is 4.68 Å². The van der Waals surface area contributed by atoms with Crippen LogP contribution in [0.2, 0.25) is 0 Å². The van der Waals surface area contributed by atoms with Gasteiger partial charge in [-0.1, -0.05) is 20.8 Å². The second-order valence-corrected chi connectivity index (χ2v) is 6.82. The summed E-state index contributed by atoms with van der Waals surface area (Å²) in [6.07, 6.45) is 2.71. The number of hydrogen-bond acceptors (Lipinski definition) is 2. The van der Waals surface area contributed by atoms with Gasteiger partial charge in [0.2, 0.25) is 0 Å². The number of nitrogens with zero attached hydrogens (tertiary/aromatic N) is 2. The van der Waals surface area contributed by atoms with Crippen molar-refractivity contribution in [2.24, 2.45) is 11.3 Å². The SMILES string of the molecule is CCn1nc(C)cc1CC1(O)CC(C)(C)CC1C. The minimum atomic E-state index is -0.567. The number of aliphatic hydroxyl groups is 1. The third-order valence-corrected chi connectivity index (χ3v) is 4.33. The van der Waals surface area contributed by atoms with Crippen LogP contribution in [0.1, 0.15) is 51.9 Å². The molecule has 1 aliphatic rings. The summed E-state index contributed by atoms with van der Waals surface area (Å²) in [5.41, 5.74) is 1.89. The molecule has 3 heteroatoms. The Hall–Kier alpha value is -0.830. The van der Waals surface area contributed by atoms with Crippen molar-refractivity contribution in [3.63, 3.8) is 0 Å². The zero-order valence-electron chi connectivity index (χ0n) is 12.3. The van der Waals surface area contributed by atoms with Crippen LogP contribution < -0.4 is 0 Å². The monoisotopic (exact) mass is 250 g/mol. The Kier molecular flexibility index (Phi) is 3.30. The number of aryl methyl sites for hydroxylation is 2. The molecule has 18 heavy (non-hydrogen) atoms. The maximum atomic E-state index is 10.9. The van der Waals surface area contributed by atoms with Crippen LogP contribution in [0, 0.1) is 18.3 Å². The van der Waals surface area contributed by atoms with Gasteiger partial charge >= 0.3 is 0 Å². The zero-order chi connectivity index (χ0) is 13.6. The molecule has 0 spiro atoms. The van der Waals surface area contributed by atoms with Crippen LogP contribution in [0.4, 0.5) is 0 Å². The van der Waals surface area contributed by atoms with Crippen molar-refractivity contribution in [2.45, 2.75) is 66.0 Å². The van der Waals surface area contributed by atoms with Crippen LogP contribution in [0.3, 0.4) is 0 Å². The van der Waals surface area contributed by atoms with E-state index in [9.17, 15) is 5.11 Å². The highest BCUT2D eigenvalue weighted by Crippen LogP contribution is 2.48. The number of aromatic nitrogens is 2. The molecule has 0 radical (unpaired) electrons. The summed E-state index contributed by atoms with van der Waals surface area (Å²) in [5, 5.41) is 15.4. The van der Waals surface area contributed by atoms with Crippen molar-refractivity contribution < 1.29 is 5.11 Å². The van der Waals surface area contributed by atoms with E-state index in [4.69, 9.17) is 0 Å². The lowest BCUT2D eigenvalue weighted by Crippen LogP contribution is -2.35. The fourth-order valence-corrected chi connectivity index (χ4v) is 3.66. The minimum absolute atomic E-state index is 0.250. The molecule has 1 aromatic heterocycles. The van der Waals surface area contributed by atoms with Crippen molar-refractivity contribution >= 4 is 0 Å². The maximum Gasteiger partial charge on any atom is 0.0733 e. The second-order valence-electron chi connectivity index (χ2n) is 6.82. The Morgan fingerprint density at radius 2 is 2.17 bits per heavy atom. The van der Waals surface area contributed by atoms with Crippen LogP contribution in [0.5, 0.6) is 0 Å². The van der Waals surface area contributed by atoms with Crippen LogP contribution >= 0.6 is 0 Å². The first-order valence-electron chi connectivity index (χ1n) is 7.01. The maximum absolute atomic E-state index is 10.9. The van der Waals surface area contributed by atoms with E-state index in [0.29, 0.717) is 5.92 Å². The predicted molar refractivity (Wildman–Crippen MR) is 73.5 cm³/mol. The van der Waals surface area contributed by atoms with Crippen LogP contribution in [0.15, 0.2) is 6.07 Å². The molecule has 1 N–H and O–H groups in total. The second kappa shape index (κ2) is 4.37. The molecule has 0 aliphatic heterocycles. The molecule has 2 atom stereocenters. The predicted octanol–water partition coefficient (Wildman–Crippen LogP) is 2.94. The molecule has 2 unspecified atom stereocenters. The minimum Gasteiger partial charge on any atom is -0.389 e. The van der Waals surface area contributed by atoms with Gasteiger partial charge < -0.3 is 5.11 Å². The van der Waals surface area contributed by atoms with Crippen molar-refractivity contribution in [1.82, 2.24) is 9.78 Å². The van der Waals surface area contributed by atoms with E-state index in [0.717, 1.165) is 31.5 Å². The van der Waals surface area contributed by atoms with Gasteiger partial charge in [-0.15, -0.1) is 0 Å². The highest BCUT2D eigenvalue weighted by Gasteiger charge is 2.47. The molecule has 1 saturated carbocycles. The molecule has 0 saturated heterocycles. The van der Waals surface area contributed by atoms with Crippen molar-refractivity contribution in [3.05, 3.63) is 17.5 Å². The van der Waals surface area contributed by atoms with Gasteiger partial charge in [0.05, 0.1) is 11.3 Å². The van der Waals surface area contributed by atoms with E-state index in [1.807, 2.05) is 11.6 Å². The highest BCUT2D eigenvalue weighted by atomic mass is 16.3. The van der Waals surface area contributed by atoms with Crippen molar-refractivity contribution in [3.8, 4) is 0 Å². The Labute approximate surface area is 110 Å². The molecule has 102 valence electrons. The van der Waals surface area contributed by atoms with Gasteiger partial charge in [0.15, 0.2) is 0 Å². The Bertz CT molecular complexity index is 436. The van der Waals surface area contributed by atoms with Gasteiger partial charge in [-0.2, -0.15) is 5.10 Å². The zero-order valence-corrected chi connectivity index (χ0v) is 12.3. The Balaban J connectivity index is 2.22. The van der Waals surface area contributed by atoms with Gasteiger partial charge in [-0.05, 0) is 44.1 Å². The third kappa shape index (κ3) is 2.46. The molecule has 1 aliphatic carbocycles. The first-order chi connectivity index (χ1) is 8.26. The number of rotatable bonds is 3. The van der Waals surface area contributed by atoms with Gasteiger partial charge in [0, 0.05) is 18.7 Å². The molecule has 0 bridgehead atoms. The summed E-state index contributed by atoms with van der Waals surface area (Å²) in [7, 11) is 0. The molecule has 2 rings (SSSR count). The van der Waals surface area contributed by atoms with Gasteiger partial charge in [0.25, 0.3) is 0 Å². The van der Waals surface area contributed by atoms with Gasteiger partial charge in [-0.25, -0.2) is 0 Å². The van der Waals surface area contributed by atoms with E-state index in [2.05, 4.69) is 38.9 Å². The highest BCUT2D eigenvalue weighted by molar-refractivity contribution is 5.14. The lowest BCUT2D eigenvalue weighted by Gasteiger charge is -2.28. The topological polar surface area (TPSA) is 38.0 Å². The van der Waals surface area contributed by atoms with E-state index < -0.39 is 5.60 Å². The lowest BCUT2D eigenvalue weighted by atomic mass is 9.86. The average molecular weight is 250 g/mol. The normalized spacial score (nSPS) is 30.9. The molecular weight excluding hydrogens is 224 g/mol. The largest absolute Gasteiger partial charge is 0.389 e. The first kappa shape index (κ1) is 13.6. The third-order valence-electron chi connectivity index (χ3n) is 4.33. The van der Waals surface area contributed by atoms with E-state index in [1.165, 1.54) is 5.69 Å². The molecule has 1 fully saturated rings. The molecule has 0 amide bonds. The summed E-state index contributed by atoms with van der Waals surface area (Å²) < 4.78 is 2.02. The quantitative estimate of drug-likeness (QED) is 0.895. The fraction of sp³-hybridized carbons (Fsp3) is 0.800. The Morgan fingerprint density at radius 1 is 1.50 bits per heavy atom. The number of hydrogen-bond donors (Lipinski definition) is 1. The summed E-state index contributed by atoms with van der Waals surface area (Å²) >= 11 is 0. The van der Waals surface area contributed by atoms with E-state index >= 15 is 0 Å². The Morgan fingerprint density at radius 3 is 2.67 bits per heavy atom. The van der Waals surface area contributed by atoms with Crippen LogP contribution in [0.25, 0.3) is 0 Å². The smallest absolute Gasteiger partial charge is 0.0733 e. The summed E-state index contributed by atoms with van der Waals surface area (Å²) in [4.78, 5) is 0. The molecule has 0 aromatic carbocycles. The summed E-state index contributed by atoms with van der Waals surface area (Å²) in [6, 6.07) is 2.11. The van der Waals surface area contributed by atoms with Crippen LogP contribution in [-0.2, 0) is 13.0 Å². The molecule has 1 heterocycles. The van der Waals surface area contributed by atoms with Crippen molar-refractivity contribution in [2.75, 3.05) is 0 Å². The standard InChI is InChI=1S/C15H26N2O/c1-6-17-13(7-12(3)16-17)9-15(18)10-14(4,5)8-11(15)2/h7,11,18H,6,8-10H2,1-5H3.